The molecule has 2 fully saturated rings. The quantitative estimate of drug-likeness (QED) is 0.0729. The molecule has 0 spiro atoms. The van der Waals surface area contributed by atoms with Crippen molar-refractivity contribution in [1.29, 1.82) is 0 Å². The van der Waals surface area contributed by atoms with Crippen LogP contribution in [0.1, 0.15) is 133 Å². The van der Waals surface area contributed by atoms with Crippen LogP contribution in [0.4, 0.5) is 26.3 Å². The number of benzene rings is 4. The van der Waals surface area contributed by atoms with Gasteiger partial charge in [-0.05, 0) is 153 Å². The highest BCUT2D eigenvalue weighted by Crippen LogP contribution is 2.45. The monoisotopic (exact) mass is 844 g/mol. The minimum absolute atomic E-state index is 0.0660. The fourth-order valence-corrected chi connectivity index (χ4v) is 8.49. The molecule has 0 aliphatic heterocycles. The summed E-state index contributed by atoms with van der Waals surface area (Å²) in [6.07, 6.45) is 1.69. The molecule has 6 rings (SSSR count). The number of alkyl halides is 6. The molecule has 60 heavy (non-hydrogen) atoms. The standard InChI is InChI=1S/C25H31F3O3.C23H27F3O3/c1-3-30-23(29)10-5-4-7-18-8-6-9-21-20(18)15-16-22(24(21)25(26,27)28)31-19-13-11-17(2)12-14-19;1-15-9-11-17(12-10-15)29-20-14-13-18-16(5-2-3-8-21(27)28)6-4-7-19(18)22(20)23(24,25)26/h6,8-9,15-17,19H,3-5,7,10-14H2,1-2H3;4,6-7,13-15,17H,2-3,5,8-12H2,1H3,(H,27,28). The average molecular weight is 845 g/mol. The van der Waals surface area contributed by atoms with Gasteiger partial charge < -0.3 is 19.3 Å². The number of esters is 1. The SMILES string of the molecule is CC1CCC(Oc2ccc3c(CCCCC(=O)O)cccc3c2C(F)(F)F)CC1.CCOC(=O)CCCCc1cccc2c(C(F)(F)F)c(OC3CCC(C)CC3)ccc12. The van der Waals surface area contributed by atoms with Crippen molar-refractivity contribution >= 4 is 33.5 Å². The van der Waals surface area contributed by atoms with Crippen LogP contribution >= 0.6 is 0 Å². The van der Waals surface area contributed by atoms with Crippen molar-refractivity contribution in [2.45, 2.75) is 148 Å². The highest BCUT2D eigenvalue weighted by atomic mass is 19.4. The molecular weight excluding hydrogens is 787 g/mol. The molecule has 6 nitrogen and oxygen atoms in total. The molecule has 328 valence electrons. The first-order valence-electron chi connectivity index (χ1n) is 21.5. The molecule has 4 aromatic rings. The van der Waals surface area contributed by atoms with E-state index in [-0.39, 0.29) is 46.9 Å². The van der Waals surface area contributed by atoms with Crippen LogP contribution in [0, 0.1) is 11.8 Å². The second-order valence-corrected chi connectivity index (χ2v) is 16.5. The molecule has 2 aliphatic rings. The summed E-state index contributed by atoms with van der Waals surface area (Å²) in [6, 6.07) is 16.4. The summed E-state index contributed by atoms with van der Waals surface area (Å²) >= 11 is 0. The number of ether oxygens (including phenoxy) is 3. The van der Waals surface area contributed by atoms with Gasteiger partial charge in [-0.1, -0.05) is 62.4 Å². The third-order valence-electron chi connectivity index (χ3n) is 11.8. The molecule has 0 atom stereocenters. The Bertz CT molecular complexity index is 2030. The van der Waals surface area contributed by atoms with E-state index in [0.29, 0.717) is 74.2 Å². The number of carboxylic acids is 1. The van der Waals surface area contributed by atoms with E-state index in [1.165, 1.54) is 24.3 Å². The first-order valence-corrected chi connectivity index (χ1v) is 21.5. The average Bonchev–Trinajstić information content (AvgIpc) is 3.19. The normalized spacial score (nSPS) is 19.7. The smallest absolute Gasteiger partial charge is 0.420 e. The van der Waals surface area contributed by atoms with E-state index in [0.717, 1.165) is 62.5 Å². The summed E-state index contributed by atoms with van der Waals surface area (Å²) in [5, 5.41) is 10.2. The van der Waals surface area contributed by atoms with Crippen LogP contribution in [0.5, 0.6) is 11.5 Å². The van der Waals surface area contributed by atoms with Gasteiger partial charge in [0.05, 0.1) is 18.8 Å². The fourth-order valence-electron chi connectivity index (χ4n) is 8.49. The van der Waals surface area contributed by atoms with Gasteiger partial charge in [0.2, 0.25) is 0 Å². The molecule has 0 heterocycles. The van der Waals surface area contributed by atoms with Crippen LogP contribution in [0.15, 0.2) is 60.7 Å². The lowest BCUT2D eigenvalue weighted by atomic mass is 9.89. The lowest BCUT2D eigenvalue weighted by Gasteiger charge is -2.28. The van der Waals surface area contributed by atoms with Gasteiger partial charge in [0.15, 0.2) is 0 Å². The van der Waals surface area contributed by atoms with Gasteiger partial charge >= 0.3 is 24.3 Å². The predicted molar refractivity (Wildman–Crippen MR) is 221 cm³/mol. The van der Waals surface area contributed by atoms with Crippen molar-refractivity contribution < 1.29 is 55.2 Å². The van der Waals surface area contributed by atoms with Crippen molar-refractivity contribution in [3.63, 3.8) is 0 Å². The predicted octanol–water partition coefficient (Wildman–Crippen LogP) is 13.7. The molecule has 0 radical (unpaired) electrons. The molecule has 0 aromatic heterocycles. The molecule has 4 aromatic carbocycles. The Morgan fingerprint density at radius 2 is 1.00 bits per heavy atom. The lowest BCUT2D eigenvalue weighted by Crippen LogP contribution is -2.24. The molecule has 2 aliphatic carbocycles. The van der Waals surface area contributed by atoms with Crippen LogP contribution in [-0.4, -0.2) is 35.9 Å². The third kappa shape index (κ3) is 13.0. The third-order valence-corrected chi connectivity index (χ3v) is 11.8. The Morgan fingerprint density at radius 3 is 1.38 bits per heavy atom. The fraction of sp³-hybridized carbons (Fsp3) is 0.542. The molecule has 2 saturated carbocycles. The Balaban J connectivity index is 0.000000228. The minimum atomic E-state index is -4.52. The topological polar surface area (TPSA) is 82.1 Å². The van der Waals surface area contributed by atoms with E-state index in [9.17, 15) is 35.9 Å². The van der Waals surface area contributed by atoms with Gasteiger partial charge in [0.1, 0.15) is 22.6 Å². The number of unbranched alkanes of at least 4 members (excludes halogenated alkanes) is 2. The highest BCUT2D eigenvalue weighted by Gasteiger charge is 2.39. The van der Waals surface area contributed by atoms with Crippen LogP contribution in [0.25, 0.3) is 21.5 Å². The largest absolute Gasteiger partial charge is 0.490 e. The van der Waals surface area contributed by atoms with Crippen LogP contribution in [0.3, 0.4) is 0 Å². The van der Waals surface area contributed by atoms with E-state index < -0.39 is 29.4 Å². The van der Waals surface area contributed by atoms with E-state index in [2.05, 4.69) is 13.8 Å². The summed E-state index contributed by atoms with van der Waals surface area (Å²) in [5.74, 6) is -0.0615. The number of fused-ring (bicyclic) bond motifs is 2. The first kappa shape index (κ1) is 46.6. The van der Waals surface area contributed by atoms with Gasteiger partial charge in [0.25, 0.3) is 0 Å². The molecule has 0 unspecified atom stereocenters. The van der Waals surface area contributed by atoms with Gasteiger partial charge in [-0.25, -0.2) is 0 Å². The zero-order chi connectivity index (χ0) is 43.5. The minimum Gasteiger partial charge on any atom is -0.490 e. The van der Waals surface area contributed by atoms with Crippen molar-refractivity contribution in [3.05, 3.63) is 82.9 Å². The van der Waals surface area contributed by atoms with Gasteiger partial charge in [-0.3, -0.25) is 9.59 Å². The maximum atomic E-state index is 14.1. The van der Waals surface area contributed by atoms with Crippen molar-refractivity contribution in [3.8, 4) is 11.5 Å². The second kappa shape index (κ2) is 21.4. The molecule has 12 heteroatoms. The van der Waals surface area contributed by atoms with Crippen molar-refractivity contribution in [2.24, 2.45) is 11.8 Å². The number of carbonyl (C=O) groups is 2. The van der Waals surface area contributed by atoms with Gasteiger partial charge in [-0.15, -0.1) is 0 Å². The number of aliphatic carboxylic acids is 1. The Morgan fingerprint density at radius 1 is 0.583 bits per heavy atom. The maximum Gasteiger partial charge on any atom is 0.420 e. The lowest BCUT2D eigenvalue weighted by molar-refractivity contribution is -0.143. The number of rotatable bonds is 15. The zero-order valence-corrected chi connectivity index (χ0v) is 34.9. The second-order valence-electron chi connectivity index (χ2n) is 16.5. The van der Waals surface area contributed by atoms with E-state index in [1.54, 1.807) is 31.2 Å². The molecule has 1 N–H and O–H groups in total. The number of carbonyl (C=O) groups excluding carboxylic acids is 1. The molecule has 0 amide bonds. The highest BCUT2D eigenvalue weighted by molar-refractivity contribution is 5.92. The van der Waals surface area contributed by atoms with Crippen molar-refractivity contribution in [1.82, 2.24) is 0 Å². The first-order chi connectivity index (χ1) is 28.5. The number of aryl methyl sites for hydroxylation is 2. The van der Waals surface area contributed by atoms with E-state index in [4.69, 9.17) is 19.3 Å². The van der Waals surface area contributed by atoms with Crippen molar-refractivity contribution in [2.75, 3.05) is 6.61 Å². The van der Waals surface area contributed by atoms with E-state index >= 15 is 0 Å². The number of halogens is 6. The summed E-state index contributed by atoms with van der Waals surface area (Å²) in [5.41, 5.74) is 0.263. The van der Waals surface area contributed by atoms with Crippen LogP contribution in [0.2, 0.25) is 0 Å². The number of hydrogen-bond donors (Lipinski definition) is 1. The van der Waals surface area contributed by atoms with Gasteiger partial charge in [0, 0.05) is 12.8 Å². The number of carboxylic acid groups (broad SMARTS) is 1. The summed E-state index contributed by atoms with van der Waals surface area (Å²) < 4.78 is 101. The van der Waals surface area contributed by atoms with E-state index in [1.807, 2.05) is 12.1 Å². The maximum absolute atomic E-state index is 14.1. The molecule has 0 saturated heterocycles. The number of hydrogen-bond acceptors (Lipinski definition) is 5. The Kier molecular flexibility index (Phi) is 16.6. The molecule has 0 bridgehead atoms. The zero-order valence-electron chi connectivity index (χ0n) is 34.9. The summed E-state index contributed by atoms with van der Waals surface area (Å²) in [4.78, 5) is 22.1. The van der Waals surface area contributed by atoms with Crippen LogP contribution < -0.4 is 9.47 Å². The van der Waals surface area contributed by atoms with Gasteiger partial charge in [-0.2, -0.15) is 26.3 Å². The summed E-state index contributed by atoms with van der Waals surface area (Å²) in [6.45, 7) is 6.44. The molecular formula is C48H58F6O6. The summed E-state index contributed by atoms with van der Waals surface area (Å²) in [7, 11) is 0. The Labute approximate surface area is 349 Å². The van der Waals surface area contributed by atoms with Crippen LogP contribution in [-0.2, 0) is 39.5 Å². The Hall–Kier alpha value is -4.48.